The third-order valence-corrected chi connectivity index (χ3v) is 3.89. The van der Waals surface area contributed by atoms with Crippen molar-refractivity contribution in [3.05, 3.63) is 28.8 Å². The number of halogens is 4. The summed E-state index contributed by atoms with van der Waals surface area (Å²) in [5.74, 6) is 0.453. The van der Waals surface area contributed by atoms with Crippen molar-refractivity contribution in [2.45, 2.75) is 52.8 Å². The van der Waals surface area contributed by atoms with E-state index in [9.17, 15) is 13.6 Å². The molecule has 3 N–H and O–H groups in total. The standard InChI is InChI=1S/C18H27ClF2N4O2.HI/c1-4-12(3)25-16(26)8-9-23-18(22-5-2)24-11-13-10-14(19)6-7-15(13)27-17(20)21;/h6-7,10,12,17H,4-5,8-9,11H2,1-3H3,(H,25,26)(H2,22,23,24);1H. The summed E-state index contributed by atoms with van der Waals surface area (Å²) in [7, 11) is 0. The summed E-state index contributed by atoms with van der Waals surface area (Å²) in [6.07, 6.45) is 1.16. The Labute approximate surface area is 186 Å². The monoisotopic (exact) mass is 532 g/mol. The van der Waals surface area contributed by atoms with Crippen LogP contribution in [0.5, 0.6) is 5.75 Å². The summed E-state index contributed by atoms with van der Waals surface area (Å²) in [5, 5.41) is 9.37. The molecule has 1 aromatic rings. The second-order valence-corrected chi connectivity index (χ2v) is 6.32. The molecule has 1 aromatic carbocycles. The molecule has 1 amide bonds. The summed E-state index contributed by atoms with van der Waals surface area (Å²) < 4.78 is 29.5. The zero-order valence-electron chi connectivity index (χ0n) is 16.2. The molecule has 28 heavy (non-hydrogen) atoms. The maximum absolute atomic E-state index is 12.5. The van der Waals surface area contributed by atoms with E-state index < -0.39 is 6.61 Å². The van der Waals surface area contributed by atoms with Crippen molar-refractivity contribution < 1.29 is 18.3 Å². The van der Waals surface area contributed by atoms with Crippen molar-refractivity contribution in [2.75, 3.05) is 13.1 Å². The first kappa shape index (κ1) is 26.6. The quantitative estimate of drug-likeness (QED) is 0.243. The molecule has 0 radical (unpaired) electrons. The molecule has 0 bridgehead atoms. The van der Waals surface area contributed by atoms with Crippen LogP contribution in [0.3, 0.4) is 0 Å². The summed E-state index contributed by atoms with van der Waals surface area (Å²) in [5.41, 5.74) is 0.439. The molecule has 10 heteroatoms. The van der Waals surface area contributed by atoms with E-state index in [4.69, 9.17) is 11.6 Å². The number of carbonyl (C=O) groups is 1. The molecule has 0 spiro atoms. The molecular weight excluding hydrogens is 505 g/mol. The van der Waals surface area contributed by atoms with Gasteiger partial charge in [-0.3, -0.25) is 4.79 Å². The van der Waals surface area contributed by atoms with Crippen LogP contribution in [-0.2, 0) is 11.3 Å². The van der Waals surface area contributed by atoms with Gasteiger partial charge in [0.05, 0.1) is 6.54 Å². The summed E-state index contributed by atoms with van der Waals surface area (Å²) in [4.78, 5) is 16.1. The average molecular weight is 533 g/mol. The number of nitrogens with one attached hydrogen (secondary N) is 3. The maximum Gasteiger partial charge on any atom is 0.387 e. The van der Waals surface area contributed by atoms with E-state index >= 15 is 0 Å². The number of carbonyl (C=O) groups excluding carboxylic acids is 1. The minimum absolute atomic E-state index is 0. The minimum atomic E-state index is -2.93. The summed E-state index contributed by atoms with van der Waals surface area (Å²) >= 11 is 5.93. The zero-order chi connectivity index (χ0) is 20.2. The van der Waals surface area contributed by atoms with E-state index in [-0.39, 0.29) is 48.2 Å². The van der Waals surface area contributed by atoms with Gasteiger partial charge in [-0.2, -0.15) is 8.78 Å². The number of hydrogen-bond donors (Lipinski definition) is 3. The average Bonchev–Trinajstić information content (AvgIpc) is 2.61. The first-order valence-corrected chi connectivity index (χ1v) is 9.28. The van der Waals surface area contributed by atoms with E-state index in [0.717, 1.165) is 6.42 Å². The Hall–Kier alpha value is -1.36. The van der Waals surface area contributed by atoms with Crippen molar-refractivity contribution >= 4 is 47.4 Å². The Morgan fingerprint density at radius 1 is 1.29 bits per heavy atom. The smallest absolute Gasteiger partial charge is 0.387 e. The first-order chi connectivity index (χ1) is 12.8. The lowest BCUT2D eigenvalue weighted by Crippen LogP contribution is -2.40. The van der Waals surface area contributed by atoms with Crippen molar-refractivity contribution in [1.82, 2.24) is 16.0 Å². The molecule has 1 unspecified atom stereocenters. The molecule has 0 aliphatic rings. The van der Waals surface area contributed by atoms with Gasteiger partial charge in [-0.05, 0) is 38.5 Å². The van der Waals surface area contributed by atoms with Gasteiger partial charge < -0.3 is 20.7 Å². The molecule has 0 aromatic heterocycles. The molecule has 0 saturated carbocycles. The summed E-state index contributed by atoms with van der Waals surface area (Å²) in [6.45, 7) is 4.02. The molecular formula is C18H28ClF2IN4O2. The Morgan fingerprint density at radius 2 is 2.00 bits per heavy atom. The van der Waals surface area contributed by atoms with Gasteiger partial charge in [0.25, 0.3) is 0 Å². The highest BCUT2D eigenvalue weighted by molar-refractivity contribution is 14.0. The molecule has 1 atom stereocenters. The highest BCUT2D eigenvalue weighted by Crippen LogP contribution is 2.25. The van der Waals surface area contributed by atoms with Crippen LogP contribution in [0.25, 0.3) is 0 Å². The normalized spacial score (nSPS) is 12.2. The largest absolute Gasteiger partial charge is 0.434 e. The van der Waals surface area contributed by atoms with Gasteiger partial charge in [-0.1, -0.05) is 18.5 Å². The molecule has 0 fully saturated rings. The number of alkyl halides is 2. The Morgan fingerprint density at radius 3 is 2.61 bits per heavy atom. The van der Waals surface area contributed by atoms with Crippen LogP contribution in [0, 0.1) is 0 Å². The molecule has 0 aliphatic carbocycles. The van der Waals surface area contributed by atoms with Crippen LogP contribution in [0.4, 0.5) is 8.78 Å². The molecule has 1 rings (SSSR count). The van der Waals surface area contributed by atoms with Crippen molar-refractivity contribution in [1.29, 1.82) is 0 Å². The van der Waals surface area contributed by atoms with Crippen LogP contribution in [0.1, 0.15) is 39.2 Å². The fourth-order valence-corrected chi connectivity index (χ4v) is 2.33. The predicted octanol–water partition coefficient (Wildman–Crippen LogP) is 3.92. The van der Waals surface area contributed by atoms with Gasteiger partial charge in [0.15, 0.2) is 5.96 Å². The topological polar surface area (TPSA) is 74.8 Å². The van der Waals surface area contributed by atoms with Crippen LogP contribution in [0.15, 0.2) is 23.2 Å². The minimum Gasteiger partial charge on any atom is -0.434 e. The van der Waals surface area contributed by atoms with E-state index in [1.54, 1.807) is 0 Å². The Bertz CT molecular complexity index is 636. The van der Waals surface area contributed by atoms with E-state index in [1.165, 1.54) is 18.2 Å². The van der Waals surface area contributed by atoms with Gasteiger partial charge in [-0.15, -0.1) is 24.0 Å². The third kappa shape index (κ3) is 10.8. The van der Waals surface area contributed by atoms with Crippen LogP contribution in [0.2, 0.25) is 5.02 Å². The summed E-state index contributed by atoms with van der Waals surface area (Å²) in [6, 6.07) is 4.53. The zero-order valence-corrected chi connectivity index (χ0v) is 19.3. The Balaban J connectivity index is 0.00000729. The number of amides is 1. The number of ether oxygens (including phenoxy) is 1. The number of rotatable bonds is 10. The fourth-order valence-electron chi connectivity index (χ4n) is 2.13. The number of guanidine groups is 1. The van der Waals surface area contributed by atoms with Gasteiger partial charge in [0.1, 0.15) is 5.75 Å². The van der Waals surface area contributed by atoms with Crippen molar-refractivity contribution in [2.24, 2.45) is 4.99 Å². The predicted molar refractivity (Wildman–Crippen MR) is 119 cm³/mol. The number of nitrogens with zero attached hydrogens (tertiary/aromatic N) is 1. The second-order valence-electron chi connectivity index (χ2n) is 5.88. The van der Waals surface area contributed by atoms with Crippen molar-refractivity contribution in [3.63, 3.8) is 0 Å². The fraction of sp³-hybridized carbons (Fsp3) is 0.556. The van der Waals surface area contributed by atoms with Gasteiger partial charge >= 0.3 is 6.61 Å². The first-order valence-electron chi connectivity index (χ1n) is 8.90. The lowest BCUT2D eigenvalue weighted by molar-refractivity contribution is -0.121. The van der Waals surface area contributed by atoms with Crippen molar-refractivity contribution in [3.8, 4) is 5.75 Å². The number of hydrogen-bond acceptors (Lipinski definition) is 3. The van der Waals surface area contributed by atoms with E-state index in [1.807, 2.05) is 20.8 Å². The van der Waals surface area contributed by atoms with E-state index in [0.29, 0.717) is 36.1 Å². The molecule has 0 heterocycles. The van der Waals surface area contributed by atoms with Crippen LogP contribution < -0.4 is 20.7 Å². The van der Waals surface area contributed by atoms with Crippen LogP contribution in [-0.4, -0.2) is 37.6 Å². The van der Waals surface area contributed by atoms with Gasteiger partial charge in [0, 0.05) is 36.1 Å². The van der Waals surface area contributed by atoms with Gasteiger partial charge in [-0.25, -0.2) is 4.99 Å². The number of benzene rings is 1. The lowest BCUT2D eigenvalue weighted by atomic mass is 10.2. The van der Waals surface area contributed by atoms with Gasteiger partial charge in [0.2, 0.25) is 5.91 Å². The highest BCUT2D eigenvalue weighted by atomic mass is 127. The Kier molecular flexibility index (Phi) is 13.9. The SMILES string of the molecule is CCNC(=NCc1cc(Cl)ccc1OC(F)F)NCCC(=O)NC(C)CC.I. The second kappa shape index (κ2) is 14.6. The van der Waals surface area contributed by atoms with E-state index in [2.05, 4.69) is 25.7 Å². The van der Waals surface area contributed by atoms with Crippen LogP contribution >= 0.6 is 35.6 Å². The molecule has 0 saturated heterocycles. The maximum atomic E-state index is 12.5. The molecule has 160 valence electrons. The lowest BCUT2D eigenvalue weighted by Gasteiger charge is -2.14. The third-order valence-electron chi connectivity index (χ3n) is 3.65. The molecule has 6 nitrogen and oxygen atoms in total. The molecule has 0 aliphatic heterocycles. The highest BCUT2D eigenvalue weighted by Gasteiger charge is 2.11. The number of aliphatic imine (C=N–C) groups is 1.